The molecule has 0 fully saturated rings. The summed E-state index contributed by atoms with van der Waals surface area (Å²) in [5.74, 6) is -0.0327. The Bertz CT molecular complexity index is 528. The van der Waals surface area contributed by atoms with Gasteiger partial charge in [0.2, 0.25) is 0 Å². The van der Waals surface area contributed by atoms with Crippen LogP contribution in [0.15, 0.2) is 17.6 Å². The van der Waals surface area contributed by atoms with E-state index in [1.165, 1.54) is 11.3 Å². The van der Waals surface area contributed by atoms with Crippen LogP contribution >= 0.6 is 11.3 Å². The van der Waals surface area contributed by atoms with Crippen LogP contribution in [-0.2, 0) is 6.42 Å². The van der Waals surface area contributed by atoms with Crippen molar-refractivity contribution in [2.45, 2.75) is 13.3 Å². The number of ketones is 1. The topological polar surface area (TPSA) is 62.8 Å². The maximum absolute atomic E-state index is 11.8. The van der Waals surface area contributed by atoms with Crippen LogP contribution in [0.1, 0.15) is 31.5 Å². The van der Waals surface area contributed by atoms with Crippen molar-refractivity contribution in [1.82, 2.24) is 9.97 Å². The van der Waals surface area contributed by atoms with Gasteiger partial charge in [0, 0.05) is 17.1 Å². The molecule has 0 amide bonds. The largest absolute Gasteiger partial charge is 0.358 e. The van der Waals surface area contributed by atoms with E-state index in [1.807, 2.05) is 12.3 Å². The summed E-state index contributed by atoms with van der Waals surface area (Å²) in [5, 5.41) is 2.83. The van der Waals surface area contributed by atoms with Crippen LogP contribution in [0.3, 0.4) is 0 Å². The van der Waals surface area contributed by atoms with Crippen LogP contribution in [0.2, 0.25) is 0 Å². The lowest BCUT2D eigenvalue weighted by Gasteiger charge is -1.93. The van der Waals surface area contributed by atoms with Crippen LogP contribution < -0.4 is 0 Å². The average molecular weight is 234 g/mol. The van der Waals surface area contributed by atoms with Crippen LogP contribution in [0.5, 0.6) is 0 Å². The highest BCUT2D eigenvalue weighted by atomic mass is 32.1. The molecule has 2 aromatic rings. The standard InChI is InChI=1S/C11H10N2O2S/c1-7-13-10(6-16-7)3-11(15)8-2-9(5-14)12-4-8/h2,4-6,12H,3H2,1H3. The minimum Gasteiger partial charge on any atom is -0.358 e. The molecule has 0 aliphatic heterocycles. The molecular formula is C11H10N2O2S. The van der Waals surface area contributed by atoms with E-state index in [4.69, 9.17) is 0 Å². The van der Waals surface area contributed by atoms with Crippen LogP contribution in [0.4, 0.5) is 0 Å². The molecule has 5 heteroatoms. The fourth-order valence-corrected chi connectivity index (χ4v) is 2.01. The van der Waals surface area contributed by atoms with Crippen LogP contribution in [0.25, 0.3) is 0 Å². The second-order valence-electron chi connectivity index (χ2n) is 3.42. The number of aromatic nitrogens is 2. The molecule has 0 aromatic carbocycles. The number of aldehydes is 1. The highest BCUT2D eigenvalue weighted by molar-refractivity contribution is 7.09. The molecule has 1 N–H and O–H groups in total. The van der Waals surface area contributed by atoms with Gasteiger partial charge in [0.15, 0.2) is 12.1 Å². The van der Waals surface area contributed by atoms with Gasteiger partial charge in [-0.05, 0) is 13.0 Å². The first-order valence-corrected chi connectivity index (χ1v) is 5.65. The minimum absolute atomic E-state index is 0.0327. The number of Topliss-reactive ketones (excluding diaryl/α,β-unsaturated/α-hetero) is 1. The second-order valence-corrected chi connectivity index (χ2v) is 4.48. The number of aromatic amines is 1. The molecule has 0 atom stereocenters. The summed E-state index contributed by atoms with van der Waals surface area (Å²) in [7, 11) is 0. The molecule has 0 aliphatic rings. The van der Waals surface area contributed by atoms with E-state index in [1.54, 1.807) is 12.3 Å². The third-order valence-corrected chi connectivity index (χ3v) is 2.98. The Balaban J connectivity index is 2.11. The summed E-state index contributed by atoms with van der Waals surface area (Å²) in [6.45, 7) is 1.90. The van der Waals surface area contributed by atoms with Crippen molar-refractivity contribution in [3.63, 3.8) is 0 Å². The maximum atomic E-state index is 11.8. The van der Waals surface area contributed by atoms with Gasteiger partial charge in [-0.2, -0.15) is 0 Å². The number of hydrogen-bond acceptors (Lipinski definition) is 4. The first kappa shape index (κ1) is 10.8. The number of H-pyrrole nitrogens is 1. The average Bonchev–Trinajstić information content (AvgIpc) is 2.87. The van der Waals surface area contributed by atoms with E-state index in [-0.39, 0.29) is 12.2 Å². The minimum atomic E-state index is -0.0327. The van der Waals surface area contributed by atoms with Gasteiger partial charge in [-0.3, -0.25) is 9.59 Å². The quantitative estimate of drug-likeness (QED) is 0.650. The Morgan fingerprint density at radius 3 is 3.00 bits per heavy atom. The fraction of sp³-hybridized carbons (Fsp3) is 0.182. The molecule has 2 heterocycles. The van der Waals surface area contributed by atoms with Crippen molar-refractivity contribution in [2.75, 3.05) is 0 Å². The Labute approximate surface area is 96.3 Å². The lowest BCUT2D eigenvalue weighted by atomic mass is 10.1. The molecule has 0 aliphatic carbocycles. The summed E-state index contributed by atoms with van der Waals surface area (Å²) in [6, 6.07) is 1.55. The van der Waals surface area contributed by atoms with E-state index in [2.05, 4.69) is 9.97 Å². The van der Waals surface area contributed by atoms with E-state index in [0.29, 0.717) is 17.5 Å². The molecule has 0 bridgehead atoms. The lowest BCUT2D eigenvalue weighted by molar-refractivity contribution is 0.0992. The number of carbonyl (C=O) groups excluding carboxylic acids is 2. The van der Waals surface area contributed by atoms with Gasteiger partial charge in [-0.25, -0.2) is 4.98 Å². The number of nitrogens with zero attached hydrogens (tertiary/aromatic N) is 1. The van der Waals surface area contributed by atoms with E-state index >= 15 is 0 Å². The zero-order valence-corrected chi connectivity index (χ0v) is 9.50. The van der Waals surface area contributed by atoms with Gasteiger partial charge >= 0.3 is 0 Å². The molecule has 2 aromatic heterocycles. The molecule has 0 spiro atoms. The summed E-state index contributed by atoms with van der Waals surface area (Å²) < 4.78 is 0. The SMILES string of the molecule is Cc1nc(CC(=O)c2c[nH]c(C=O)c2)cs1. The van der Waals surface area contributed by atoms with Gasteiger partial charge in [0.25, 0.3) is 0 Å². The molecule has 0 saturated carbocycles. The smallest absolute Gasteiger partial charge is 0.170 e. The van der Waals surface area contributed by atoms with E-state index in [9.17, 15) is 9.59 Å². The van der Waals surface area contributed by atoms with Gasteiger partial charge in [0.1, 0.15) is 0 Å². The Hall–Kier alpha value is -1.75. The molecule has 82 valence electrons. The van der Waals surface area contributed by atoms with E-state index in [0.717, 1.165) is 10.7 Å². The van der Waals surface area contributed by atoms with Gasteiger partial charge in [-0.1, -0.05) is 0 Å². The molecule has 4 nitrogen and oxygen atoms in total. The first-order valence-electron chi connectivity index (χ1n) is 4.77. The second kappa shape index (κ2) is 4.40. The normalized spacial score (nSPS) is 10.3. The predicted octanol–water partition coefficient (Wildman–Crippen LogP) is 2.02. The zero-order chi connectivity index (χ0) is 11.5. The van der Waals surface area contributed by atoms with Gasteiger partial charge in [0.05, 0.1) is 22.8 Å². The number of thiazole rings is 1. The highest BCUT2D eigenvalue weighted by Crippen LogP contribution is 2.11. The summed E-state index contributed by atoms with van der Waals surface area (Å²) in [6.07, 6.45) is 2.51. The van der Waals surface area contributed by atoms with Crippen molar-refractivity contribution in [1.29, 1.82) is 0 Å². The van der Waals surface area contributed by atoms with Gasteiger partial charge in [-0.15, -0.1) is 11.3 Å². The van der Waals surface area contributed by atoms with E-state index < -0.39 is 0 Å². The highest BCUT2D eigenvalue weighted by Gasteiger charge is 2.10. The number of nitrogens with one attached hydrogen (secondary N) is 1. The summed E-state index contributed by atoms with van der Waals surface area (Å²) in [4.78, 5) is 29.2. The van der Waals surface area contributed by atoms with Gasteiger partial charge < -0.3 is 4.98 Å². The molecule has 0 radical (unpaired) electrons. The third-order valence-electron chi connectivity index (χ3n) is 2.16. The monoisotopic (exact) mass is 234 g/mol. The number of aryl methyl sites for hydroxylation is 1. The van der Waals surface area contributed by atoms with Crippen LogP contribution in [0, 0.1) is 6.92 Å². The maximum Gasteiger partial charge on any atom is 0.170 e. The summed E-state index contributed by atoms with van der Waals surface area (Å²) in [5.41, 5.74) is 1.71. The first-order chi connectivity index (χ1) is 7.69. The third kappa shape index (κ3) is 2.25. The lowest BCUT2D eigenvalue weighted by Crippen LogP contribution is -2.02. The molecule has 0 saturated heterocycles. The molecule has 2 rings (SSSR count). The van der Waals surface area contributed by atoms with Crippen molar-refractivity contribution >= 4 is 23.4 Å². The zero-order valence-electron chi connectivity index (χ0n) is 8.69. The Kier molecular flexibility index (Phi) is 2.96. The number of hydrogen-bond donors (Lipinski definition) is 1. The van der Waals surface area contributed by atoms with Crippen molar-refractivity contribution < 1.29 is 9.59 Å². The number of carbonyl (C=O) groups is 2. The molecule has 0 unspecified atom stereocenters. The van der Waals surface area contributed by atoms with Crippen LogP contribution in [-0.4, -0.2) is 22.0 Å². The van der Waals surface area contributed by atoms with Crippen molar-refractivity contribution in [3.8, 4) is 0 Å². The molecule has 16 heavy (non-hydrogen) atoms. The fourth-order valence-electron chi connectivity index (χ4n) is 1.40. The number of rotatable bonds is 4. The Morgan fingerprint density at radius 1 is 1.62 bits per heavy atom. The van der Waals surface area contributed by atoms with Crippen molar-refractivity contribution in [2.24, 2.45) is 0 Å². The predicted molar refractivity (Wildman–Crippen MR) is 61.1 cm³/mol. The van der Waals surface area contributed by atoms with Crippen molar-refractivity contribution in [3.05, 3.63) is 39.6 Å². The summed E-state index contributed by atoms with van der Waals surface area (Å²) >= 11 is 1.52. The molecular weight excluding hydrogens is 224 g/mol. The Morgan fingerprint density at radius 2 is 2.44 bits per heavy atom.